The second kappa shape index (κ2) is 10.7. The van der Waals surface area contributed by atoms with E-state index in [1.54, 1.807) is 0 Å². The summed E-state index contributed by atoms with van der Waals surface area (Å²) < 4.78 is 1.21. The Bertz CT molecular complexity index is 302. The Morgan fingerprint density at radius 1 is 0.889 bits per heavy atom. The van der Waals surface area contributed by atoms with E-state index in [9.17, 15) is 9.59 Å². The Hall–Kier alpha value is -0.180. The smallest absolute Gasteiger partial charge is 0.140 e. The highest BCUT2D eigenvalue weighted by Gasteiger charge is 2.01. The van der Waals surface area contributed by atoms with Crippen LogP contribution >= 0.6 is 48.0 Å². The fourth-order valence-electron chi connectivity index (χ4n) is 0.766. The van der Waals surface area contributed by atoms with E-state index < -0.39 is 0 Å². The number of thioether (sulfide) groups is 2. The largest absolute Gasteiger partial charge is 0.369 e. The first-order valence-corrected chi connectivity index (χ1v) is 8.00. The first kappa shape index (κ1) is 17.8. The Balaban J connectivity index is 3.49. The zero-order chi connectivity index (χ0) is 14.0. The molecule has 0 fully saturated rings. The molecule has 0 saturated carbocycles. The first-order chi connectivity index (χ1) is 8.41. The summed E-state index contributed by atoms with van der Waals surface area (Å²) in [7, 11) is 0. The Morgan fingerprint density at radius 3 is 1.50 bits per heavy atom. The van der Waals surface area contributed by atoms with Gasteiger partial charge in [0.15, 0.2) is 0 Å². The second-order valence-corrected chi connectivity index (χ2v) is 6.71. The van der Waals surface area contributed by atoms with E-state index in [4.69, 9.17) is 24.4 Å². The van der Waals surface area contributed by atoms with Crippen molar-refractivity contribution in [2.24, 2.45) is 0 Å². The normalized spacial score (nSPS) is 9.67. The van der Waals surface area contributed by atoms with Gasteiger partial charge in [-0.3, -0.25) is 9.59 Å². The molecule has 0 aliphatic rings. The molecule has 0 bridgehead atoms. The fourth-order valence-corrected chi connectivity index (χ4v) is 2.40. The Morgan fingerprint density at radius 2 is 1.22 bits per heavy atom. The highest BCUT2D eigenvalue weighted by atomic mass is 32.2. The summed E-state index contributed by atoms with van der Waals surface area (Å²) in [4.78, 5) is 21.5. The molecule has 4 nitrogen and oxygen atoms in total. The van der Waals surface area contributed by atoms with E-state index in [0.717, 1.165) is 0 Å². The van der Waals surface area contributed by atoms with Gasteiger partial charge in [0, 0.05) is 13.1 Å². The lowest BCUT2D eigenvalue weighted by Crippen LogP contribution is -2.31. The molecule has 0 spiro atoms. The molecule has 0 aliphatic heterocycles. The molecule has 0 aromatic carbocycles. The molecule has 0 unspecified atom stereocenters. The summed E-state index contributed by atoms with van der Waals surface area (Å²) in [6, 6.07) is 0. The Kier molecular flexibility index (Phi) is 10.6. The highest BCUT2D eigenvalue weighted by Crippen LogP contribution is 2.02. The third kappa shape index (κ3) is 12.3. The summed E-state index contributed by atoms with van der Waals surface area (Å²) in [5.74, 6) is 0.992. The number of Topliss-reactive ketones (excluding diaryl/α,β-unsaturated/α-hetero) is 2. The van der Waals surface area contributed by atoms with Crippen molar-refractivity contribution >= 4 is 68.2 Å². The SMILES string of the molecule is CC(=O)CSC(=S)NCCNC(=S)SCC(C)=O. The third-order valence-corrected chi connectivity index (χ3v) is 4.39. The van der Waals surface area contributed by atoms with Crippen molar-refractivity contribution in [1.82, 2.24) is 10.6 Å². The predicted molar refractivity (Wildman–Crippen MR) is 87.5 cm³/mol. The topological polar surface area (TPSA) is 58.2 Å². The molecule has 0 atom stereocenters. The number of rotatable bonds is 7. The lowest BCUT2D eigenvalue weighted by molar-refractivity contribution is -0.115. The van der Waals surface area contributed by atoms with Crippen LogP contribution in [0.15, 0.2) is 0 Å². The van der Waals surface area contributed by atoms with Crippen molar-refractivity contribution < 1.29 is 9.59 Å². The van der Waals surface area contributed by atoms with E-state index >= 15 is 0 Å². The van der Waals surface area contributed by atoms with E-state index in [1.807, 2.05) is 0 Å². The highest BCUT2D eigenvalue weighted by molar-refractivity contribution is 8.23. The Labute approximate surface area is 126 Å². The molecule has 0 saturated heterocycles. The van der Waals surface area contributed by atoms with Crippen LogP contribution in [0.1, 0.15) is 13.8 Å². The number of hydrogen-bond donors (Lipinski definition) is 2. The summed E-state index contributed by atoms with van der Waals surface area (Å²) in [5, 5.41) is 6.00. The standard InChI is InChI=1S/C10H16N2O2S4/c1-7(13)5-17-9(15)11-3-4-12-10(16)18-6-8(2)14/h3-6H2,1-2H3,(H,11,15)(H,12,16). The van der Waals surface area contributed by atoms with Gasteiger partial charge in [-0.05, 0) is 13.8 Å². The molecule has 0 aromatic rings. The van der Waals surface area contributed by atoms with Gasteiger partial charge in [-0.15, -0.1) is 0 Å². The molecule has 8 heteroatoms. The van der Waals surface area contributed by atoms with E-state index in [0.29, 0.717) is 33.2 Å². The van der Waals surface area contributed by atoms with Crippen LogP contribution in [0, 0.1) is 0 Å². The summed E-state index contributed by atoms with van der Waals surface area (Å²) in [5.41, 5.74) is 0. The van der Waals surface area contributed by atoms with Crippen LogP contribution in [0.5, 0.6) is 0 Å². The van der Waals surface area contributed by atoms with E-state index in [-0.39, 0.29) is 11.6 Å². The van der Waals surface area contributed by atoms with Crippen LogP contribution in [0.2, 0.25) is 0 Å². The second-order valence-electron chi connectivity index (χ2n) is 3.41. The molecular weight excluding hydrogens is 308 g/mol. The molecule has 0 heterocycles. The van der Waals surface area contributed by atoms with Crippen molar-refractivity contribution in [1.29, 1.82) is 0 Å². The van der Waals surface area contributed by atoms with Gasteiger partial charge >= 0.3 is 0 Å². The molecule has 18 heavy (non-hydrogen) atoms. The monoisotopic (exact) mass is 324 g/mol. The summed E-state index contributed by atoms with van der Waals surface area (Å²) in [6.07, 6.45) is 0. The van der Waals surface area contributed by atoms with Gasteiger partial charge in [-0.2, -0.15) is 0 Å². The lowest BCUT2D eigenvalue weighted by Gasteiger charge is -2.09. The van der Waals surface area contributed by atoms with Crippen LogP contribution in [-0.2, 0) is 9.59 Å². The molecule has 2 N–H and O–H groups in total. The van der Waals surface area contributed by atoms with Crippen LogP contribution < -0.4 is 10.6 Å². The summed E-state index contributed by atoms with van der Waals surface area (Å²) in [6.45, 7) is 4.32. The minimum absolute atomic E-state index is 0.101. The van der Waals surface area contributed by atoms with Crippen LogP contribution in [-0.4, -0.2) is 44.8 Å². The number of carbonyl (C=O) groups is 2. The van der Waals surface area contributed by atoms with Crippen molar-refractivity contribution in [2.45, 2.75) is 13.8 Å². The van der Waals surface area contributed by atoms with Gasteiger partial charge in [0.05, 0.1) is 11.5 Å². The van der Waals surface area contributed by atoms with Crippen molar-refractivity contribution in [3.63, 3.8) is 0 Å². The maximum atomic E-state index is 10.7. The molecule has 102 valence electrons. The van der Waals surface area contributed by atoms with Crippen LogP contribution in [0.25, 0.3) is 0 Å². The minimum Gasteiger partial charge on any atom is -0.369 e. The van der Waals surface area contributed by atoms with Gasteiger partial charge in [0.1, 0.15) is 20.2 Å². The average molecular weight is 325 g/mol. The summed E-state index contributed by atoms with van der Waals surface area (Å²) >= 11 is 12.7. The van der Waals surface area contributed by atoms with Gasteiger partial charge in [0.25, 0.3) is 0 Å². The van der Waals surface area contributed by atoms with Gasteiger partial charge in [-0.25, -0.2) is 0 Å². The third-order valence-electron chi connectivity index (χ3n) is 1.48. The first-order valence-electron chi connectivity index (χ1n) is 5.22. The number of ketones is 2. The molecular formula is C10H16N2O2S4. The van der Waals surface area contributed by atoms with Crippen LogP contribution in [0.4, 0.5) is 0 Å². The quantitative estimate of drug-likeness (QED) is 0.538. The zero-order valence-electron chi connectivity index (χ0n) is 10.3. The lowest BCUT2D eigenvalue weighted by atomic mass is 10.5. The molecule has 0 aliphatic carbocycles. The maximum Gasteiger partial charge on any atom is 0.140 e. The molecule has 0 rings (SSSR count). The number of hydrogen-bond acceptors (Lipinski definition) is 6. The van der Waals surface area contributed by atoms with Gasteiger partial charge in [-0.1, -0.05) is 48.0 Å². The zero-order valence-corrected chi connectivity index (χ0v) is 13.5. The van der Waals surface area contributed by atoms with E-state index in [1.165, 1.54) is 37.4 Å². The van der Waals surface area contributed by atoms with Crippen molar-refractivity contribution in [3.8, 4) is 0 Å². The fraction of sp³-hybridized carbons (Fsp3) is 0.600. The molecule has 0 aromatic heterocycles. The van der Waals surface area contributed by atoms with Gasteiger partial charge < -0.3 is 10.6 Å². The minimum atomic E-state index is 0.101. The number of carbonyl (C=O) groups excluding carboxylic acids is 2. The number of thiocarbonyl (C=S) groups is 2. The van der Waals surface area contributed by atoms with Gasteiger partial charge in [0.2, 0.25) is 0 Å². The average Bonchev–Trinajstić information content (AvgIpc) is 2.29. The van der Waals surface area contributed by atoms with Crippen molar-refractivity contribution in [2.75, 3.05) is 24.6 Å². The predicted octanol–water partition coefficient (Wildman–Crippen LogP) is 1.38. The van der Waals surface area contributed by atoms with Crippen LogP contribution in [0.3, 0.4) is 0 Å². The molecule has 0 radical (unpaired) electrons. The molecule has 0 amide bonds. The van der Waals surface area contributed by atoms with Crippen molar-refractivity contribution in [3.05, 3.63) is 0 Å². The maximum absolute atomic E-state index is 10.7. The number of nitrogens with one attached hydrogen (secondary N) is 2. The van der Waals surface area contributed by atoms with E-state index in [2.05, 4.69) is 10.6 Å².